The Morgan fingerprint density at radius 2 is 2.06 bits per heavy atom. The van der Waals surface area contributed by atoms with Crippen molar-refractivity contribution in [2.45, 2.75) is 18.9 Å². The topological polar surface area (TPSA) is 26.3 Å². The molecule has 0 spiro atoms. The molecule has 0 heterocycles. The predicted octanol–water partition coefficient (Wildman–Crippen LogP) is 2.57. The highest BCUT2D eigenvalue weighted by atomic mass is 19.2. The van der Waals surface area contributed by atoms with Crippen LogP contribution in [0.25, 0.3) is 0 Å². The maximum Gasteiger partial charge on any atom is 0.191 e. The molecule has 1 atom stereocenters. The second kappa shape index (κ2) is 4.29. The van der Waals surface area contributed by atoms with Crippen LogP contribution in [0, 0.1) is 17.6 Å². The van der Waals surface area contributed by atoms with Crippen molar-refractivity contribution in [1.29, 1.82) is 0 Å². The Balaban J connectivity index is 2.22. The molecule has 0 N–H and O–H groups in total. The lowest BCUT2D eigenvalue weighted by Crippen LogP contribution is -2.25. The molecule has 0 saturated heterocycles. The van der Waals surface area contributed by atoms with Crippen molar-refractivity contribution in [1.82, 2.24) is 0 Å². The normalized spacial score (nSPS) is 17.2. The summed E-state index contributed by atoms with van der Waals surface area (Å²) in [5.41, 5.74) is 0.164. The summed E-state index contributed by atoms with van der Waals surface area (Å²) in [6.45, 7) is 0. The van der Waals surface area contributed by atoms with Gasteiger partial charge in [0.15, 0.2) is 17.4 Å². The van der Waals surface area contributed by atoms with Crippen molar-refractivity contribution < 1.29 is 18.3 Å². The summed E-state index contributed by atoms with van der Waals surface area (Å²) in [6, 6.07) is 3.17. The molecule has 1 aliphatic rings. The van der Waals surface area contributed by atoms with Crippen LogP contribution in [-0.4, -0.2) is 19.0 Å². The maximum atomic E-state index is 13.0. The molecular formula is C12H12F2O2. The third-order valence-corrected chi connectivity index (χ3v) is 2.77. The second-order valence-electron chi connectivity index (χ2n) is 3.99. The van der Waals surface area contributed by atoms with Crippen molar-refractivity contribution in [3.63, 3.8) is 0 Å². The summed E-state index contributed by atoms with van der Waals surface area (Å²) in [4.78, 5) is 11.9. The van der Waals surface area contributed by atoms with E-state index < -0.39 is 17.7 Å². The van der Waals surface area contributed by atoms with Gasteiger partial charge in [-0.2, -0.15) is 0 Å². The average Bonchev–Trinajstić information content (AvgIpc) is 3.07. The molecule has 0 amide bonds. The van der Waals surface area contributed by atoms with E-state index in [1.54, 1.807) is 0 Å². The van der Waals surface area contributed by atoms with Crippen molar-refractivity contribution in [3.8, 4) is 0 Å². The van der Waals surface area contributed by atoms with Crippen molar-refractivity contribution in [2.24, 2.45) is 5.92 Å². The summed E-state index contributed by atoms with van der Waals surface area (Å²) in [7, 11) is 1.46. The molecule has 1 unspecified atom stereocenters. The molecule has 1 aliphatic carbocycles. The minimum Gasteiger partial charge on any atom is -0.373 e. The van der Waals surface area contributed by atoms with E-state index in [0.29, 0.717) is 0 Å². The molecule has 2 nitrogen and oxygen atoms in total. The van der Waals surface area contributed by atoms with Crippen LogP contribution in [0.2, 0.25) is 0 Å². The molecule has 86 valence electrons. The zero-order valence-electron chi connectivity index (χ0n) is 8.87. The molecule has 0 aliphatic heterocycles. The number of rotatable bonds is 4. The highest BCUT2D eigenvalue weighted by Crippen LogP contribution is 2.35. The summed E-state index contributed by atoms with van der Waals surface area (Å²) >= 11 is 0. The van der Waals surface area contributed by atoms with Crippen molar-refractivity contribution in [3.05, 3.63) is 35.4 Å². The van der Waals surface area contributed by atoms with Crippen LogP contribution in [-0.2, 0) is 4.74 Å². The third kappa shape index (κ3) is 2.11. The predicted molar refractivity (Wildman–Crippen MR) is 54.2 cm³/mol. The molecule has 1 aromatic rings. The molecule has 4 heteroatoms. The van der Waals surface area contributed by atoms with Gasteiger partial charge in [-0.15, -0.1) is 0 Å². The van der Waals surface area contributed by atoms with Gasteiger partial charge in [-0.3, -0.25) is 4.79 Å². The Labute approximate surface area is 92.2 Å². The highest BCUT2D eigenvalue weighted by molar-refractivity contribution is 5.99. The van der Waals surface area contributed by atoms with E-state index in [-0.39, 0.29) is 17.3 Å². The third-order valence-electron chi connectivity index (χ3n) is 2.77. The van der Waals surface area contributed by atoms with Crippen LogP contribution in [0.4, 0.5) is 8.78 Å². The van der Waals surface area contributed by atoms with Gasteiger partial charge in [0.05, 0.1) is 0 Å². The van der Waals surface area contributed by atoms with Crippen molar-refractivity contribution >= 4 is 5.78 Å². The lowest BCUT2D eigenvalue weighted by Gasteiger charge is -2.12. The Kier molecular flexibility index (Phi) is 3.01. The van der Waals surface area contributed by atoms with E-state index in [0.717, 1.165) is 25.0 Å². The van der Waals surface area contributed by atoms with Crippen LogP contribution in [0.1, 0.15) is 23.2 Å². The number of Topliss-reactive ketones (excluding diaryl/α,β-unsaturated/α-hetero) is 1. The van der Waals surface area contributed by atoms with Gasteiger partial charge < -0.3 is 4.74 Å². The van der Waals surface area contributed by atoms with Gasteiger partial charge >= 0.3 is 0 Å². The number of hydrogen-bond donors (Lipinski definition) is 0. The van der Waals surface area contributed by atoms with E-state index in [1.165, 1.54) is 13.2 Å². The van der Waals surface area contributed by atoms with E-state index in [1.807, 2.05) is 0 Å². The Hall–Kier alpha value is -1.29. The van der Waals surface area contributed by atoms with Crippen LogP contribution >= 0.6 is 0 Å². The first-order chi connectivity index (χ1) is 7.63. The standard InChI is InChI=1S/C12H12F2O2/c1-16-12(7-2-3-7)11(15)8-4-5-9(13)10(14)6-8/h4-7,12H,2-3H2,1H3. The fraction of sp³-hybridized carbons (Fsp3) is 0.417. The quantitative estimate of drug-likeness (QED) is 0.737. The van der Waals surface area contributed by atoms with Crippen molar-refractivity contribution in [2.75, 3.05) is 7.11 Å². The molecule has 1 aromatic carbocycles. The highest BCUT2D eigenvalue weighted by Gasteiger charge is 2.36. The first kappa shape index (κ1) is 11.2. The molecule has 16 heavy (non-hydrogen) atoms. The van der Waals surface area contributed by atoms with E-state index in [4.69, 9.17) is 4.74 Å². The zero-order valence-corrected chi connectivity index (χ0v) is 8.87. The Bertz CT molecular complexity index is 413. The lowest BCUT2D eigenvalue weighted by molar-refractivity contribution is 0.0539. The number of methoxy groups -OCH3 is 1. The smallest absolute Gasteiger partial charge is 0.191 e. The number of halogens is 2. The maximum absolute atomic E-state index is 13.0. The van der Waals surface area contributed by atoms with Gasteiger partial charge in [-0.25, -0.2) is 8.78 Å². The number of hydrogen-bond acceptors (Lipinski definition) is 2. The number of carbonyl (C=O) groups excluding carboxylic acids is 1. The molecular weight excluding hydrogens is 214 g/mol. The summed E-state index contributed by atoms with van der Waals surface area (Å²) in [5.74, 6) is -2.00. The Morgan fingerprint density at radius 3 is 2.56 bits per heavy atom. The molecule has 0 aromatic heterocycles. The molecule has 0 radical (unpaired) electrons. The summed E-state index contributed by atoms with van der Waals surface area (Å²) in [5, 5.41) is 0. The first-order valence-electron chi connectivity index (χ1n) is 5.15. The fourth-order valence-corrected chi connectivity index (χ4v) is 1.73. The van der Waals surface area contributed by atoms with Crippen LogP contribution in [0.15, 0.2) is 18.2 Å². The number of ether oxygens (including phenoxy) is 1. The zero-order chi connectivity index (χ0) is 11.7. The van der Waals surface area contributed by atoms with Gasteiger partial charge in [0.1, 0.15) is 6.10 Å². The monoisotopic (exact) mass is 226 g/mol. The van der Waals surface area contributed by atoms with Crippen LogP contribution in [0.5, 0.6) is 0 Å². The lowest BCUT2D eigenvalue weighted by atomic mass is 10.0. The van der Waals surface area contributed by atoms with E-state index >= 15 is 0 Å². The SMILES string of the molecule is COC(C(=O)c1ccc(F)c(F)c1)C1CC1. The van der Waals surface area contributed by atoms with Gasteiger partial charge in [0.2, 0.25) is 0 Å². The summed E-state index contributed by atoms with van der Waals surface area (Å²) < 4.78 is 30.7. The molecule has 1 saturated carbocycles. The average molecular weight is 226 g/mol. The van der Waals surface area contributed by atoms with Gasteiger partial charge in [0.25, 0.3) is 0 Å². The van der Waals surface area contributed by atoms with Gasteiger partial charge in [0, 0.05) is 12.7 Å². The number of benzene rings is 1. The minimum absolute atomic E-state index is 0.164. The van der Waals surface area contributed by atoms with Gasteiger partial charge in [-0.1, -0.05) is 0 Å². The fourth-order valence-electron chi connectivity index (χ4n) is 1.73. The Morgan fingerprint density at radius 1 is 1.38 bits per heavy atom. The molecule has 2 rings (SSSR count). The minimum atomic E-state index is -1.00. The van der Waals surface area contributed by atoms with Gasteiger partial charge in [-0.05, 0) is 37.0 Å². The van der Waals surface area contributed by atoms with Crippen LogP contribution < -0.4 is 0 Å². The second-order valence-corrected chi connectivity index (χ2v) is 3.99. The first-order valence-corrected chi connectivity index (χ1v) is 5.15. The molecule has 1 fully saturated rings. The van der Waals surface area contributed by atoms with E-state index in [2.05, 4.69) is 0 Å². The number of carbonyl (C=O) groups is 1. The van der Waals surface area contributed by atoms with Crippen LogP contribution in [0.3, 0.4) is 0 Å². The number of ketones is 1. The van der Waals surface area contributed by atoms with E-state index in [9.17, 15) is 13.6 Å². The summed E-state index contributed by atoms with van der Waals surface area (Å²) in [6.07, 6.45) is 1.38. The molecule has 0 bridgehead atoms. The largest absolute Gasteiger partial charge is 0.373 e.